The van der Waals surface area contributed by atoms with E-state index in [2.05, 4.69) is 36.3 Å². The van der Waals surface area contributed by atoms with E-state index in [0.717, 1.165) is 31.4 Å². The van der Waals surface area contributed by atoms with Crippen LogP contribution < -0.4 is 0 Å². The van der Waals surface area contributed by atoms with Crippen LogP contribution >= 0.6 is 0 Å². The van der Waals surface area contributed by atoms with Crippen LogP contribution in [0.4, 0.5) is 0 Å². The van der Waals surface area contributed by atoms with Gasteiger partial charge in [-0.25, -0.2) is 0 Å². The van der Waals surface area contributed by atoms with Crippen LogP contribution in [0.1, 0.15) is 52.6 Å². The zero-order valence-electron chi connectivity index (χ0n) is 15.5. The number of amides is 1. The van der Waals surface area contributed by atoms with Crippen molar-refractivity contribution in [1.82, 2.24) is 10.1 Å². The monoisotopic (exact) mass is 354 g/mol. The summed E-state index contributed by atoms with van der Waals surface area (Å²) in [7, 11) is 1.77. The Morgan fingerprint density at radius 2 is 2.15 bits per heavy atom. The molecule has 2 fully saturated rings. The van der Waals surface area contributed by atoms with Crippen LogP contribution in [0.25, 0.3) is 0 Å². The molecule has 0 N–H and O–H groups in total. The molecule has 1 amide bonds. The lowest BCUT2D eigenvalue weighted by molar-refractivity contribution is -0.00328. The number of carbonyl (C=O) groups is 1. The van der Waals surface area contributed by atoms with Crippen molar-refractivity contribution >= 4 is 5.91 Å². The van der Waals surface area contributed by atoms with E-state index in [1.165, 1.54) is 11.1 Å². The van der Waals surface area contributed by atoms with Crippen molar-refractivity contribution < 1.29 is 14.1 Å². The molecule has 0 bridgehead atoms. The van der Waals surface area contributed by atoms with Gasteiger partial charge < -0.3 is 14.2 Å². The third-order valence-corrected chi connectivity index (χ3v) is 5.56. The molecular formula is C21H26N2O3. The number of hydrogen-bond donors (Lipinski definition) is 0. The Kier molecular flexibility index (Phi) is 4.81. The van der Waals surface area contributed by atoms with Gasteiger partial charge >= 0.3 is 0 Å². The molecule has 2 aliphatic rings. The zero-order chi connectivity index (χ0) is 18.1. The molecule has 138 valence electrons. The van der Waals surface area contributed by atoms with Gasteiger partial charge in [0.1, 0.15) is 5.76 Å². The number of nitrogens with zero attached hydrogens (tertiary/aromatic N) is 2. The van der Waals surface area contributed by atoms with Crippen molar-refractivity contribution in [3.05, 3.63) is 52.9 Å². The van der Waals surface area contributed by atoms with Crippen LogP contribution in [-0.4, -0.2) is 42.3 Å². The summed E-state index contributed by atoms with van der Waals surface area (Å²) in [6.07, 6.45) is 4.22. The second-order valence-electron chi connectivity index (χ2n) is 7.66. The molecule has 0 unspecified atom stereocenters. The molecule has 1 aliphatic heterocycles. The second kappa shape index (κ2) is 7.23. The molecule has 2 heterocycles. The van der Waals surface area contributed by atoms with Crippen LogP contribution in [0.3, 0.4) is 0 Å². The van der Waals surface area contributed by atoms with E-state index >= 15 is 0 Å². The summed E-state index contributed by atoms with van der Waals surface area (Å²) in [4.78, 5) is 14.8. The third kappa shape index (κ3) is 3.68. The van der Waals surface area contributed by atoms with E-state index < -0.39 is 0 Å². The lowest BCUT2D eigenvalue weighted by atomic mass is 9.88. The van der Waals surface area contributed by atoms with Crippen molar-refractivity contribution in [3.63, 3.8) is 0 Å². The molecule has 1 aliphatic carbocycles. The lowest BCUT2D eigenvalue weighted by Crippen LogP contribution is -2.47. The van der Waals surface area contributed by atoms with E-state index in [0.29, 0.717) is 24.7 Å². The van der Waals surface area contributed by atoms with Gasteiger partial charge in [0.2, 0.25) is 0 Å². The number of aromatic nitrogens is 1. The average Bonchev–Trinajstić information content (AvgIpc) is 3.38. The SMILES string of the molecule is CO[C@@H]1CCN(C(=O)c2cc(C3CC3)on2)C[C@@H]1Cc1cccc(C)c1. The first-order chi connectivity index (χ1) is 12.6. The molecule has 1 aromatic heterocycles. The van der Waals surface area contributed by atoms with Gasteiger partial charge in [0.15, 0.2) is 5.69 Å². The number of benzene rings is 1. The molecule has 26 heavy (non-hydrogen) atoms. The first-order valence-corrected chi connectivity index (χ1v) is 9.48. The Morgan fingerprint density at radius 1 is 1.31 bits per heavy atom. The molecule has 1 saturated heterocycles. The summed E-state index contributed by atoms with van der Waals surface area (Å²) >= 11 is 0. The molecule has 4 rings (SSSR count). The number of methoxy groups -OCH3 is 1. The van der Waals surface area contributed by atoms with Gasteiger partial charge in [-0.3, -0.25) is 4.79 Å². The molecule has 5 heteroatoms. The molecule has 2 atom stereocenters. The minimum absolute atomic E-state index is 0.0237. The number of ether oxygens (including phenoxy) is 1. The number of aryl methyl sites for hydroxylation is 1. The molecule has 2 aromatic rings. The van der Waals surface area contributed by atoms with E-state index in [1.54, 1.807) is 7.11 Å². The molecule has 1 aromatic carbocycles. The van der Waals surface area contributed by atoms with E-state index in [1.807, 2.05) is 11.0 Å². The molecule has 5 nitrogen and oxygen atoms in total. The van der Waals surface area contributed by atoms with Crippen LogP contribution in [0.2, 0.25) is 0 Å². The normalized spacial score (nSPS) is 23.2. The molecule has 0 spiro atoms. The summed E-state index contributed by atoms with van der Waals surface area (Å²) < 4.78 is 11.1. The van der Waals surface area contributed by atoms with E-state index in [-0.39, 0.29) is 17.9 Å². The number of carbonyl (C=O) groups excluding carboxylic acids is 1. The van der Waals surface area contributed by atoms with Crippen LogP contribution in [0, 0.1) is 12.8 Å². The summed E-state index contributed by atoms with van der Waals surface area (Å²) in [6.45, 7) is 3.50. The average molecular weight is 354 g/mol. The van der Waals surface area contributed by atoms with Crippen LogP contribution in [-0.2, 0) is 11.2 Å². The van der Waals surface area contributed by atoms with Crippen molar-refractivity contribution in [1.29, 1.82) is 0 Å². The Balaban J connectivity index is 1.46. The summed E-state index contributed by atoms with van der Waals surface area (Å²) in [5, 5.41) is 4.01. The fourth-order valence-electron chi connectivity index (χ4n) is 3.96. The quantitative estimate of drug-likeness (QED) is 0.823. The summed E-state index contributed by atoms with van der Waals surface area (Å²) in [5.41, 5.74) is 3.00. The molecule has 1 saturated carbocycles. The van der Waals surface area contributed by atoms with Crippen molar-refractivity contribution in [2.24, 2.45) is 5.92 Å². The maximum Gasteiger partial charge on any atom is 0.276 e. The fraction of sp³-hybridized carbons (Fsp3) is 0.524. The Bertz CT molecular complexity index is 781. The van der Waals surface area contributed by atoms with Gasteiger partial charge in [-0.15, -0.1) is 0 Å². The van der Waals surface area contributed by atoms with Crippen LogP contribution in [0.15, 0.2) is 34.9 Å². The summed E-state index contributed by atoms with van der Waals surface area (Å²) in [5.74, 6) is 1.59. The van der Waals surface area contributed by atoms with E-state index in [9.17, 15) is 4.79 Å². The zero-order valence-corrected chi connectivity index (χ0v) is 15.5. The van der Waals surface area contributed by atoms with Gasteiger partial charge in [0.25, 0.3) is 5.91 Å². The highest BCUT2D eigenvalue weighted by molar-refractivity contribution is 5.92. The van der Waals surface area contributed by atoms with Gasteiger partial charge in [0, 0.05) is 38.1 Å². The first-order valence-electron chi connectivity index (χ1n) is 9.48. The number of rotatable bonds is 5. The van der Waals surface area contributed by atoms with Crippen molar-refractivity contribution in [3.8, 4) is 0 Å². The second-order valence-corrected chi connectivity index (χ2v) is 7.66. The van der Waals surface area contributed by atoms with Gasteiger partial charge in [-0.2, -0.15) is 0 Å². The minimum atomic E-state index is -0.0237. The Hall–Kier alpha value is -2.14. The third-order valence-electron chi connectivity index (χ3n) is 5.56. The topological polar surface area (TPSA) is 55.6 Å². The predicted octanol–water partition coefficient (Wildman–Crippen LogP) is 3.58. The van der Waals surface area contributed by atoms with Gasteiger partial charge in [0.05, 0.1) is 6.10 Å². The molecule has 0 radical (unpaired) electrons. The molecular weight excluding hydrogens is 328 g/mol. The summed E-state index contributed by atoms with van der Waals surface area (Å²) in [6, 6.07) is 10.4. The van der Waals surface area contributed by atoms with Gasteiger partial charge in [-0.05, 0) is 38.2 Å². The smallest absolute Gasteiger partial charge is 0.276 e. The van der Waals surface area contributed by atoms with E-state index in [4.69, 9.17) is 9.26 Å². The predicted molar refractivity (Wildman–Crippen MR) is 98.2 cm³/mol. The number of hydrogen-bond acceptors (Lipinski definition) is 4. The number of likely N-dealkylation sites (tertiary alicyclic amines) is 1. The van der Waals surface area contributed by atoms with Crippen molar-refractivity contribution in [2.75, 3.05) is 20.2 Å². The lowest BCUT2D eigenvalue weighted by Gasteiger charge is -2.37. The highest BCUT2D eigenvalue weighted by Crippen LogP contribution is 2.40. The highest BCUT2D eigenvalue weighted by Gasteiger charge is 2.34. The Labute approximate surface area is 154 Å². The van der Waals surface area contributed by atoms with Gasteiger partial charge in [-0.1, -0.05) is 35.0 Å². The standard InChI is InChI=1S/C21H26N2O3/c1-14-4-3-5-15(10-14)11-17-13-23(9-8-19(17)25-2)21(24)18-12-20(26-22-18)16-6-7-16/h3-5,10,12,16-17,19H,6-9,11,13H2,1-2H3/t17-,19+/m0/s1. The minimum Gasteiger partial charge on any atom is -0.381 e. The maximum atomic E-state index is 12.9. The van der Waals surface area contributed by atoms with Crippen molar-refractivity contribution in [2.45, 2.75) is 44.6 Å². The van der Waals surface area contributed by atoms with Crippen LogP contribution in [0.5, 0.6) is 0 Å². The number of piperidine rings is 1. The largest absolute Gasteiger partial charge is 0.381 e. The maximum absolute atomic E-state index is 12.9. The first kappa shape index (κ1) is 17.3. The highest BCUT2D eigenvalue weighted by atomic mass is 16.5. The Morgan fingerprint density at radius 3 is 2.88 bits per heavy atom. The fourth-order valence-corrected chi connectivity index (χ4v) is 3.96.